The van der Waals surface area contributed by atoms with Crippen molar-refractivity contribution in [3.05, 3.63) is 72.3 Å². The van der Waals surface area contributed by atoms with Crippen molar-refractivity contribution in [1.29, 1.82) is 0 Å². The molecule has 0 saturated carbocycles. The van der Waals surface area contributed by atoms with Gasteiger partial charge in [0, 0.05) is 35.4 Å². The van der Waals surface area contributed by atoms with Gasteiger partial charge in [-0.25, -0.2) is 4.79 Å². The Morgan fingerprint density at radius 2 is 2.06 bits per heavy atom. The van der Waals surface area contributed by atoms with Crippen LogP contribution in [0.25, 0.3) is 11.3 Å². The lowest BCUT2D eigenvalue weighted by atomic mass is 10.0. The summed E-state index contributed by atoms with van der Waals surface area (Å²) >= 11 is 0. The number of urea groups is 1. The highest BCUT2D eigenvalue weighted by Gasteiger charge is 2.29. The number of hydrogen-bond acceptors (Lipinski definition) is 5. The molecule has 0 fully saturated rings. The Kier molecular flexibility index (Phi) is 6.13. The van der Waals surface area contributed by atoms with Crippen LogP contribution in [-0.4, -0.2) is 51.3 Å². The number of aromatic nitrogens is 2. The molecular weight excluding hydrogens is 449 g/mol. The zero-order valence-corrected chi connectivity index (χ0v) is 18.6. The number of benzene rings is 1. The Hall–Kier alpha value is -3.73. The quantitative estimate of drug-likeness (QED) is 0.515. The van der Waals surface area contributed by atoms with E-state index in [1.807, 2.05) is 55.6 Å². The second kappa shape index (κ2) is 8.90. The van der Waals surface area contributed by atoms with Crippen LogP contribution in [-0.2, 0) is 5.54 Å². The molecule has 1 aromatic heterocycles. The molecule has 1 atom stereocenters. The number of allylic oxidation sites excluding steroid dienone is 2. The number of fused-ring (bicyclic) bond motifs is 1. The standard InChI is InChI=1S/C23H25F3N6O2/c1-22(2,14-33)32-12-17(10-29-32)15-6-7-31-19(11-27-20(31)9-15)16-4-3-5-18(8-16)30-21(34)28-13-23(24,25)26/h3-12,20,27,33H,13-14H2,1-2H3,(H2,28,30,34). The molecule has 2 amide bonds. The Morgan fingerprint density at radius 3 is 2.79 bits per heavy atom. The molecule has 11 heteroatoms. The van der Waals surface area contributed by atoms with E-state index >= 15 is 0 Å². The molecule has 0 bridgehead atoms. The summed E-state index contributed by atoms with van der Waals surface area (Å²) in [6.45, 7) is 2.35. The number of amides is 2. The number of hydrogen-bond donors (Lipinski definition) is 4. The average Bonchev–Trinajstić information content (AvgIpc) is 3.45. The minimum absolute atomic E-state index is 0.0356. The number of carbonyl (C=O) groups is 1. The summed E-state index contributed by atoms with van der Waals surface area (Å²) in [5, 5.41) is 21.5. The first-order valence-electron chi connectivity index (χ1n) is 10.6. The Labute approximate surface area is 194 Å². The third kappa shape index (κ3) is 5.09. The molecule has 4 rings (SSSR count). The first-order valence-corrected chi connectivity index (χ1v) is 10.6. The van der Waals surface area contributed by atoms with Gasteiger partial charge in [-0.05, 0) is 43.7 Å². The van der Waals surface area contributed by atoms with Gasteiger partial charge in [0.1, 0.15) is 12.7 Å². The molecule has 1 aromatic carbocycles. The number of alkyl halides is 3. The number of nitrogens with zero attached hydrogens (tertiary/aromatic N) is 3. The van der Waals surface area contributed by atoms with Crippen molar-refractivity contribution in [3.63, 3.8) is 0 Å². The van der Waals surface area contributed by atoms with Crippen LogP contribution < -0.4 is 16.0 Å². The zero-order valence-electron chi connectivity index (χ0n) is 18.6. The van der Waals surface area contributed by atoms with Crippen LogP contribution in [0, 0.1) is 0 Å². The molecule has 2 aliphatic rings. The number of halogens is 3. The number of aliphatic hydroxyl groups excluding tert-OH is 1. The molecule has 3 heterocycles. The summed E-state index contributed by atoms with van der Waals surface area (Å²) in [5.74, 6) is 0. The fourth-order valence-electron chi connectivity index (χ4n) is 3.57. The highest BCUT2D eigenvalue weighted by atomic mass is 19.4. The molecule has 2 aliphatic heterocycles. The van der Waals surface area contributed by atoms with Crippen LogP contribution in [0.3, 0.4) is 0 Å². The van der Waals surface area contributed by atoms with E-state index in [2.05, 4.69) is 15.7 Å². The molecule has 34 heavy (non-hydrogen) atoms. The molecule has 1 unspecified atom stereocenters. The van der Waals surface area contributed by atoms with Gasteiger partial charge < -0.3 is 26.0 Å². The van der Waals surface area contributed by atoms with E-state index in [0.717, 1.165) is 22.4 Å². The number of aliphatic hydroxyl groups is 1. The second-order valence-corrected chi connectivity index (χ2v) is 8.63. The highest BCUT2D eigenvalue weighted by Crippen LogP contribution is 2.33. The summed E-state index contributed by atoms with van der Waals surface area (Å²) in [6.07, 6.45) is 6.80. The third-order valence-corrected chi connectivity index (χ3v) is 5.51. The van der Waals surface area contributed by atoms with Crippen LogP contribution in [0.5, 0.6) is 0 Å². The van der Waals surface area contributed by atoms with Gasteiger partial charge in [-0.15, -0.1) is 0 Å². The number of nitrogens with one attached hydrogen (secondary N) is 3. The minimum atomic E-state index is -4.48. The normalized spacial score (nSPS) is 17.6. The SMILES string of the molecule is CC(C)(CO)n1cc(C2=CC3NC=C(c4cccc(NC(=O)NCC(F)(F)F)c4)N3C=C2)cn1. The summed E-state index contributed by atoms with van der Waals surface area (Å²) in [5.41, 5.74) is 3.38. The molecule has 180 valence electrons. The zero-order chi connectivity index (χ0) is 24.5. The Bertz CT molecular complexity index is 1170. The summed E-state index contributed by atoms with van der Waals surface area (Å²) in [7, 11) is 0. The topological polar surface area (TPSA) is 94.4 Å². The highest BCUT2D eigenvalue weighted by molar-refractivity contribution is 5.90. The van der Waals surface area contributed by atoms with Crippen molar-refractivity contribution >= 4 is 23.0 Å². The first-order chi connectivity index (χ1) is 16.1. The van der Waals surface area contributed by atoms with Gasteiger partial charge in [0.25, 0.3) is 0 Å². The monoisotopic (exact) mass is 474 g/mol. The van der Waals surface area contributed by atoms with Crippen molar-refractivity contribution in [3.8, 4) is 0 Å². The van der Waals surface area contributed by atoms with Gasteiger partial charge in [-0.2, -0.15) is 18.3 Å². The summed E-state index contributed by atoms with van der Waals surface area (Å²) < 4.78 is 38.6. The van der Waals surface area contributed by atoms with Crippen molar-refractivity contribution in [2.24, 2.45) is 0 Å². The summed E-state index contributed by atoms with van der Waals surface area (Å²) in [6, 6.07) is 5.93. The molecular formula is C23H25F3N6O2. The van der Waals surface area contributed by atoms with E-state index in [4.69, 9.17) is 0 Å². The predicted octanol–water partition coefficient (Wildman–Crippen LogP) is 3.43. The molecule has 0 spiro atoms. The first kappa shape index (κ1) is 23.4. The Balaban J connectivity index is 1.44. The van der Waals surface area contributed by atoms with Crippen LogP contribution >= 0.6 is 0 Å². The second-order valence-electron chi connectivity index (χ2n) is 8.63. The van der Waals surface area contributed by atoms with Crippen LogP contribution in [0.1, 0.15) is 25.0 Å². The van der Waals surface area contributed by atoms with Crippen LogP contribution in [0.2, 0.25) is 0 Å². The fraction of sp³-hybridized carbons (Fsp3) is 0.304. The van der Waals surface area contributed by atoms with Crippen LogP contribution in [0.15, 0.2) is 61.2 Å². The van der Waals surface area contributed by atoms with Crippen molar-refractivity contribution in [2.75, 3.05) is 18.5 Å². The molecule has 0 aliphatic carbocycles. The van der Waals surface area contributed by atoms with Gasteiger partial charge >= 0.3 is 12.2 Å². The van der Waals surface area contributed by atoms with Crippen molar-refractivity contribution in [1.82, 2.24) is 25.3 Å². The molecule has 4 N–H and O–H groups in total. The maximum atomic E-state index is 12.3. The Morgan fingerprint density at radius 1 is 1.26 bits per heavy atom. The molecule has 2 aromatic rings. The van der Waals surface area contributed by atoms with E-state index in [1.165, 1.54) is 0 Å². The fourth-order valence-corrected chi connectivity index (χ4v) is 3.57. The molecule has 0 radical (unpaired) electrons. The smallest absolute Gasteiger partial charge is 0.394 e. The third-order valence-electron chi connectivity index (χ3n) is 5.51. The maximum absolute atomic E-state index is 12.3. The molecule has 0 saturated heterocycles. The predicted molar refractivity (Wildman–Crippen MR) is 122 cm³/mol. The number of anilines is 1. The lowest BCUT2D eigenvalue weighted by Gasteiger charge is -2.27. The number of rotatable bonds is 6. The van der Waals surface area contributed by atoms with Crippen molar-refractivity contribution < 1.29 is 23.1 Å². The van der Waals surface area contributed by atoms with E-state index in [-0.39, 0.29) is 12.8 Å². The minimum Gasteiger partial charge on any atom is -0.394 e. The lowest BCUT2D eigenvalue weighted by molar-refractivity contribution is -0.122. The van der Waals surface area contributed by atoms with E-state index in [0.29, 0.717) is 5.69 Å². The van der Waals surface area contributed by atoms with E-state index in [9.17, 15) is 23.1 Å². The van der Waals surface area contributed by atoms with Gasteiger partial charge in [0.05, 0.1) is 24.0 Å². The summed E-state index contributed by atoms with van der Waals surface area (Å²) in [4.78, 5) is 13.8. The number of carbonyl (C=O) groups excluding carboxylic acids is 1. The average molecular weight is 474 g/mol. The molecule has 8 nitrogen and oxygen atoms in total. The largest absolute Gasteiger partial charge is 0.405 e. The van der Waals surface area contributed by atoms with Gasteiger partial charge in [-0.1, -0.05) is 12.1 Å². The van der Waals surface area contributed by atoms with Gasteiger partial charge in [-0.3, -0.25) is 4.68 Å². The van der Waals surface area contributed by atoms with Gasteiger partial charge in [0.15, 0.2) is 0 Å². The maximum Gasteiger partial charge on any atom is 0.405 e. The van der Waals surface area contributed by atoms with E-state index in [1.54, 1.807) is 34.4 Å². The van der Waals surface area contributed by atoms with Gasteiger partial charge in [0.2, 0.25) is 0 Å². The van der Waals surface area contributed by atoms with Crippen molar-refractivity contribution in [2.45, 2.75) is 31.7 Å². The lowest BCUT2D eigenvalue weighted by Crippen LogP contribution is -2.36. The van der Waals surface area contributed by atoms with Crippen LogP contribution in [0.4, 0.5) is 23.7 Å². The van der Waals surface area contributed by atoms with E-state index < -0.39 is 24.3 Å².